The van der Waals surface area contributed by atoms with E-state index in [4.69, 9.17) is 12.6 Å². The molecule has 0 saturated heterocycles. The van der Waals surface area contributed by atoms with E-state index in [9.17, 15) is 0 Å². The van der Waals surface area contributed by atoms with E-state index in [2.05, 4.69) is 42.0 Å². The van der Waals surface area contributed by atoms with Crippen molar-refractivity contribution in [2.45, 2.75) is 109 Å². The Labute approximate surface area is 184 Å². The lowest BCUT2D eigenvalue weighted by Gasteiger charge is -2.08. The first-order chi connectivity index (χ1) is 14.2. The molecule has 0 atom stereocenters. The van der Waals surface area contributed by atoms with Crippen LogP contribution in [0.3, 0.4) is 0 Å². The van der Waals surface area contributed by atoms with Gasteiger partial charge in [-0.25, -0.2) is 9.97 Å². The molecule has 3 heteroatoms. The highest BCUT2D eigenvalue weighted by Gasteiger charge is 2.07. The lowest BCUT2D eigenvalue weighted by molar-refractivity contribution is 0.589. The van der Waals surface area contributed by atoms with Gasteiger partial charge in [0.1, 0.15) is 0 Å². The van der Waals surface area contributed by atoms with Crippen LogP contribution in [0, 0.1) is 0 Å². The van der Waals surface area contributed by atoms with Gasteiger partial charge in [-0.2, -0.15) is 0 Å². The summed E-state index contributed by atoms with van der Waals surface area (Å²) in [4.78, 5) is 10.2. The van der Waals surface area contributed by atoms with Crippen molar-refractivity contribution in [3.8, 4) is 11.4 Å². The summed E-state index contributed by atoms with van der Waals surface area (Å²) < 4.78 is 0. The van der Waals surface area contributed by atoms with Crippen molar-refractivity contribution < 1.29 is 0 Å². The summed E-state index contributed by atoms with van der Waals surface area (Å²) in [6, 6.07) is 6.55. The van der Waals surface area contributed by atoms with Crippen LogP contribution in [0.25, 0.3) is 11.4 Å². The second kappa shape index (κ2) is 14.6. The van der Waals surface area contributed by atoms with Gasteiger partial charge in [0.15, 0.2) is 5.82 Å². The molecule has 0 bridgehead atoms. The molecule has 2 aromatic rings. The van der Waals surface area contributed by atoms with Gasteiger partial charge in [0.25, 0.3) is 0 Å². The number of thiol groups is 1. The Morgan fingerprint density at radius 1 is 0.655 bits per heavy atom. The summed E-state index contributed by atoms with van der Waals surface area (Å²) in [5.74, 6) is 0.784. The fourth-order valence-corrected chi connectivity index (χ4v) is 4.10. The normalized spacial score (nSPS) is 11.1. The minimum Gasteiger partial charge on any atom is -0.236 e. The van der Waals surface area contributed by atoms with Gasteiger partial charge in [0.2, 0.25) is 0 Å². The van der Waals surface area contributed by atoms with Gasteiger partial charge in [-0.05, 0) is 48.9 Å². The Morgan fingerprint density at radius 2 is 1.17 bits per heavy atom. The third-order valence-electron chi connectivity index (χ3n) is 5.65. The average molecular weight is 413 g/mol. The molecule has 0 aliphatic rings. The number of aromatic nitrogens is 2. The summed E-state index contributed by atoms with van der Waals surface area (Å²) >= 11 is 4.72. The molecule has 0 spiro atoms. The third-order valence-corrected chi connectivity index (χ3v) is 6.02. The van der Waals surface area contributed by atoms with Crippen molar-refractivity contribution >= 4 is 12.6 Å². The predicted molar refractivity (Wildman–Crippen MR) is 129 cm³/mol. The molecular formula is C26H40N2S. The van der Waals surface area contributed by atoms with Gasteiger partial charge >= 0.3 is 0 Å². The number of hydrogen-bond donors (Lipinski definition) is 1. The van der Waals surface area contributed by atoms with Crippen LogP contribution in [0.5, 0.6) is 0 Å². The smallest absolute Gasteiger partial charge is 0.160 e. The van der Waals surface area contributed by atoms with Crippen LogP contribution in [0.1, 0.15) is 102 Å². The van der Waals surface area contributed by atoms with Crippen molar-refractivity contribution in [1.29, 1.82) is 0 Å². The molecule has 1 heterocycles. The third kappa shape index (κ3) is 9.33. The van der Waals surface area contributed by atoms with Crippen molar-refractivity contribution in [1.82, 2.24) is 9.97 Å². The molecule has 1 aromatic carbocycles. The fraction of sp³-hybridized carbons (Fsp3) is 0.615. The van der Waals surface area contributed by atoms with E-state index in [-0.39, 0.29) is 0 Å². The Morgan fingerprint density at radius 3 is 1.72 bits per heavy atom. The molecule has 0 N–H and O–H groups in total. The van der Waals surface area contributed by atoms with Crippen molar-refractivity contribution in [3.05, 3.63) is 41.7 Å². The first kappa shape index (κ1) is 23.9. The number of aryl methyl sites for hydroxylation is 2. The molecule has 0 radical (unpaired) electrons. The molecule has 0 saturated carbocycles. The Hall–Kier alpha value is -1.35. The highest BCUT2D eigenvalue weighted by molar-refractivity contribution is 7.80. The quantitative estimate of drug-likeness (QED) is 0.235. The number of nitrogens with zero attached hydrogens (tertiary/aromatic N) is 2. The van der Waals surface area contributed by atoms with Gasteiger partial charge in [-0.15, -0.1) is 12.6 Å². The zero-order valence-electron chi connectivity index (χ0n) is 18.6. The van der Waals surface area contributed by atoms with E-state index < -0.39 is 0 Å². The summed E-state index contributed by atoms with van der Waals surface area (Å²) in [6.07, 6.45) is 22.1. The topological polar surface area (TPSA) is 25.8 Å². The maximum absolute atomic E-state index is 4.72. The molecule has 2 rings (SSSR count). The minimum atomic E-state index is 0.784. The lowest BCUT2D eigenvalue weighted by atomic mass is 10.0. The Kier molecular flexibility index (Phi) is 12.0. The lowest BCUT2D eigenvalue weighted by Crippen LogP contribution is -1.95. The van der Waals surface area contributed by atoms with E-state index >= 15 is 0 Å². The summed E-state index contributed by atoms with van der Waals surface area (Å²) in [7, 11) is 0. The van der Waals surface area contributed by atoms with Crippen LogP contribution in [-0.2, 0) is 12.8 Å². The molecule has 29 heavy (non-hydrogen) atoms. The van der Waals surface area contributed by atoms with Crippen LogP contribution >= 0.6 is 12.6 Å². The van der Waals surface area contributed by atoms with E-state index in [0.717, 1.165) is 29.1 Å². The van der Waals surface area contributed by atoms with Crippen LogP contribution in [0.4, 0.5) is 0 Å². The zero-order chi connectivity index (χ0) is 20.7. The second-order valence-corrected chi connectivity index (χ2v) is 8.78. The van der Waals surface area contributed by atoms with Crippen LogP contribution in [0.2, 0.25) is 0 Å². The van der Waals surface area contributed by atoms with Crippen molar-refractivity contribution in [3.63, 3.8) is 0 Å². The van der Waals surface area contributed by atoms with Crippen LogP contribution < -0.4 is 0 Å². The zero-order valence-corrected chi connectivity index (χ0v) is 19.5. The van der Waals surface area contributed by atoms with Gasteiger partial charge in [0.05, 0.1) is 0 Å². The molecule has 0 aliphatic carbocycles. The first-order valence-electron chi connectivity index (χ1n) is 11.9. The van der Waals surface area contributed by atoms with Gasteiger partial charge in [0, 0.05) is 22.9 Å². The van der Waals surface area contributed by atoms with Gasteiger partial charge in [-0.3, -0.25) is 0 Å². The van der Waals surface area contributed by atoms with E-state index in [1.54, 1.807) is 0 Å². The molecule has 0 unspecified atom stereocenters. The largest absolute Gasteiger partial charge is 0.236 e. The minimum absolute atomic E-state index is 0.784. The maximum Gasteiger partial charge on any atom is 0.160 e. The average Bonchev–Trinajstić information content (AvgIpc) is 2.74. The Balaban J connectivity index is 1.78. The maximum atomic E-state index is 4.72. The molecule has 160 valence electrons. The first-order valence-corrected chi connectivity index (χ1v) is 12.3. The summed E-state index contributed by atoms with van der Waals surface area (Å²) in [6.45, 7) is 4.53. The number of benzene rings is 1. The fourth-order valence-electron chi connectivity index (χ4n) is 3.76. The van der Waals surface area contributed by atoms with Gasteiger partial charge in [-0.1, -0.05) is 84.1 Å². The van der Waals surface area contributed by atoms with Crippen molar-refractivity contribution in [2.24, 2.45) is 0 Å². The highest BCUT2D eigenvalue weighted by atomic mass is 32.1. The molecular weight excluding hydrogens is 372 g/mol. The van der Waals surface area contributed by atoms with Crippen LogP contribution in [0.15, 0.2) is 35.5 Å². The highest BCUT2D eigenvalue weighted by Crippen LogP contribution is 2.25. The van der Waals surface area contributed by atoms with E-state index in [1.165, 1.54) is 88.2 Å². The predicted octanol–water partition coefficient (Wildman–Crippen LogP) is 8.24. The molecule has 0 amide bonds. The standard InChI is InChI=1S/C26H40N2S/c1-3-5-7-9-10-12-13-15-22-17-18-24(25(29)19-22)26-27-20-23(21-28-26)16-14-11-8-6-4-2/h17-21,29H,3-16H2,1-2H3. The van der Waals surface area contributed by atoms with E-state index in [1.807, 2.05) is 12.4 Å². The number of unbranched alkanes of at least 4 members (excludes halogenated alkanes) is 10. The number of hydrogen-bond acceptors (Lipinski definition) is 3. The number of rotatable bonds is 15. The molecule has 0 aliphatic heterocycles. The Bertz CT molecular complexity index is 682. The van der Waals surface area contributed by atoms with Crippen molar-refractivity contribution in [2.75, 3.05) is 0 Å². The molecule has 0 fully saturated rings. The summed E-state index contributed by atoms with van der Waals surface area (Å²) in [5, 5.41) is 0. The summed E-state index contributed by atoms with van der Waals surface area (Å²) in [5.41, 5.74) is 3.64. The second-order valence-electron chi connectivity index (χ2n) is 8.30. The monoisotopic (exact) mass is 412 g/mol. The van der Waals surface area contributed by atoms with Crippen LogP contribution in [-0.4, -0.2) is 9.97 Å². The van der Waals surface area contributed by atoms with E-state index in [0.29, 0.717) is 0 Å². The molecule has 2 nitrogen and oxygen atoms in total. The SMILES string of the molecule is CCCCCCCCCc1ccc(-c2ncc(CCCCCCC)cn2)c(S)c1. The van der Waals surface area contributed by atoms with Gasteiger partial charge < -0.3 is 0 Å². The molecule has 1 aromatic heterocycles.